The van der Waals surface area contributed by atoms with E-state index < -0.39 is 64.4 Å². The first-order chi connectivity index (χ1) is 22.9. The summed E-state index contributed by atoms with van der Waals surface area (Å²) in [6, 6.07) is 14.7. The second-order valence-corrected chi connectivity index (χ2v) is 13.8. The number of amides is 1. The molecule has 5 N–H and O–H groups in total. The Morgan fingerprint density at radius 2 is 1.69 bits per heavy atom. The average molecular weight is 654 g/mol. The molecule has 0 aromatic heterocycles. The maximum Gasteiger partial charge on any atom is 0.235 e. The summed E-state index contributed by atoms with van der Waals surface area (Å²) in [6.45, 7) is 5.15. The summed E-state index contributed by atoms with van der Waals surface area (Å²) < 4.78 is 0. The first-order valence-corrected chi connectivity index (χ1v) is 16.8. The van der Waals surface area contributed by atoms with Crippen LogP contribution in [0.25, 0.3) is 21.9 Å². The highest BCUT2D eigenvalue weighted by molar-refractivity contribution is 6.32. The molecule has 3 unspecified atom stereocenters. The zero-order chi connectivity index (χ0) is 34.7. The smallest absolute Gasteiger partial charge is 0.235 e. The number of hydrogen-bond acceptors (Lipinski definition) is 9. The number of nitrogens with zero attached hydrogens (tertiary/aromatic N) is 1. The van der Waals surface area contributed by atoms with E-state index in [-0.39, 0.29) is 24.2 Å². The number of carbonyl (C=O) groups is 5. The normalized spacial score (nSPS) is 27.5. The highest BCUT2D eigenvalue weighted by Gasteiger charge is 2.69. The van der Waals surface area contributed by atoms with Crippen molar-refractivity contribution in [3.8, 4) is 16.9 Å². The van der Waals surface area contributed by atoms with E-state index in [2.05, 4.69) is 31.3 Å². The molecule has 0 aliphatic heterocycles. The van der Waals surface area contributed by atoms with Gasteiger partial charge in [0.05, 0.1) is 17.5 Å². The van der Waals surface area contributed by atoms with Gasteiger partial charge in [-0.15, -0.1) is 0 Å². The molecule has 0 bridgehead atoms. The highest BCUT2D eigenvalue weighted by Crippen LogP contribution is 2.52. The molecule has 0 radical (unpaired) electrons. The molecular weight excluding hydrogens is 610 g/mol. The number of nitrogens with one attached hydrogen (secondary N) is 1. The number of Topliss-reactive ketones (excluding diaryl/α,β-unsaturated/α-hetero) is 4. The first-order valence-electron chi connectivity index (χ1n) is 16.8. The van der Waals surface area contributed by atoms with Gasteiger partial charge in [-0.1, -0.05) is 62.7 Å². The topological polar surface area (TPSA) is 167 Å². The summed E-state index contributed by atoms with van der Waals surface area (Å²) in [6.07, 6.45) is 3.16. The lowest BCUT2D eigenvalue weighted by Crippen LogP contribution is -2.74. The fraction of sp³-hybridized carbons (Fsp3) is 0.447. The summed E-state index contributed by atoms with van der Waals surface area (Å²) in [4.78, 5) is 69.2. The largest absolute Gasteiger partial charge is 0.507 e. The summed E-state index contributed by atoms with van der Waals surface area (Å²) in [5.41, 5.74) is 6.07. The number of carbonyl (C=O) groups excluding carboxylic acids is 5. The Labute approximate surface area is 279 Å². The number of phenolic OH excluding ortho intramolecular Hbond substituents is 1. The van der Waals surface area contributed by atoms with Crippen LogP contribution in [0.1, 0.15) is 54.6 Å². The number of ketones is 4. The molecule has 10 heteroatoms. The van der Waals surface area contributed by atoms with E-state index in [9.17, 15) is 34.2 Å². The van der Waals surface area contributed by atoms with Crippen LogP contribution in [0, 0.1) is 23.7 Å². The molecule has 3 aliphatic carbocycles. The molecule has 3 aliphatic rings. The van der Waals surface area contributed by atoms with E-state index >= 15 is 0 Å². The number of aliphatic hydroxyl groups is 1. The molecule has 1 amide bonds. The highest BCUT2D eigenvalue weighted by atomic mass is 16.3. The third-order valence-electron chi connectivity index (χ3n) is 10.8. The molecule has 0 heterocycles. The van der Waals surface area contributed by atoms with Crippen molar-refractivity contribution in [3.05, 3.63) is 65.2 Å². The Kier molecular flexibility index (Phi) is 8.87. The molecule has 0 spiro atoms. The quantitative estimate of drug-likeness (QED) is 0.254. The first kappa shape index (κ1) is 33.6. The third-order valence-corrected chi connectivity index (χ3v) is 10.8. The number of hydrogen-bond donors (Lipinski definition) is 4. The van der Waals surface area contributed by atoms with Gasteiger partial charge >= 0.3 is 0 Å². The minimum Gasteiger partial charge on any atom is -0.507 e. The number of fused-ring (bicyclic) bond motifs is 4. The van der Waals surface area contributed by atoms with Crippen molar-refractivity contribution in [1.82, 2.24) is 10.2 Å². The van der Waals surface area contributed by atoms with Crippen molar-refractivity contribution in [2.75, 3.05) is 20.6 Å². The minimum atomic E-state index is -2.75. The predicted octanol–water partition coefficient (Wildman–Crippen LogP) is 3.01. The number of primary amides is 1. The van der Waals surface area contributed by atoms with Gasteiger partial charge in [-0.3, -0.25) is 28.9 Å². The van der Waals surface area contributed by atoms with E-state index in [0.717, 1.165) is 47.7 Å². The van der Waals surface area contributed by atoms with Gasteiger partial charge in [0.15, 0.2) is 34.7 Å². The Hall–Kier alpha value is -4.25. The summed E-state index contributed by atoms with van der Waals surface area (Å²) in [5, 5.41) is 28.6. The maximum atomic E-state index is 14.3. The summed E-state index contributed by atoms with van der Waals surface area (Å²) in [7, 11) is 3.14. The molecular formula is C38H43N3O7. The Morgan fingerprint density at radius 1 is 1.00 bits per heavy atom. The zero-order valence-electron chi connectivity index (χ0n) is 27.8. The van der Waals surface area contributed by atoms with Crippen molar-refractivity contribution >= 4 is 39.8 Å². The van der Waals surface area contributed by atoms with E-state index in [4.69, 9.17) is 5.73 Å². The van der Waals surface area contributed by atoms with Gasteiger partial charge in [-0.05, 0) is 91.3 Å². The predicted molar refractivity (Wildman–Crippen MR) is 180 cm³/mol. The SMILES string of the molecule is CCCC(Cc1ccc(-c2ccc(O)c3c2C[C@H]2C[C@H]4[C@H](N(C)C)C(=O)C(C(N)=O)C(=O)[C@@]4(O)C(=O)C2C3=O)c2ccccc12)NCC. The molecule has 6 rings (SSSR count). The molecule has 0 saturated heterocycles. The van der Waals surface area contributed by atoms with Gasteiger partial charge in [-0.25, -0.2) is 0 Å². The van der Waals surface area contributed by atoms with Crippen LogP contribution in [-0.4, -0.2) is 82.5 Å². The Morgan fingerprint density at radius 3 is 2.33 bits per heavy atom. The van der Waals surface area contributed by atoms with Gasteiger partial charge in [-0.2, -0.15) is 0 Å². The van der Waals surface area contributed by atoms with Crippen LogP contribution in [0.15, 0.2) is 48.5 Å². The zero-order valence-corrected chi connectivity index (χ0v) is 27.8. The standard InChI is InChI=1S/C38H43N3O7/c1-5-9-21(40-6-2)16-19-12-13-24(23-11-8-7-10-22(19)23)25-14-15-28(42)30-26(25)17-20-18-27-32(41(3)4)34(44)31(37(39)47)36(46)38(27,48)35(45)29(20)33(30)43/h7-8,10-15,20-21,27,29,31-32,40,42,48H,5-6,9,16-18H2,1-4H3,(H2,39,47)/t20-,21?,27-,29?,31?,32-,38-/m0/s1. The molecule has 3 aromatic carbocycles. The molecule has 252 valence electrons. The fourth-order valence-electron chi connectivity index (χ4n) is 8.81. The van der Waals surface area contributed by atoms with Crippen molar-refractivity contribution in [2.24, 2.45) is 29.4 Å². The molecule has 2 saturated carbocycles. The Balaban J connectivity index is 1.46. The van der Waals surface area contributed by atoms with Crippen LogP contribution in [0.3, 0.4) is 0 Å². The summed E-state index contributed by atoms with van der Waals surface area (Å²) in [5.74, 6) is -10.6. The number of rotatable bonds is 9. The van der Waals surface area contributed by atoms with Crippen LogP contribution < -0.4 is 11.1 Å². The van der Waals surface area contributed by atoms with E-state index in [1.807, 2.05) is 24.3 Å². The van der Waals surface area contributed by atoms with Crippen LogP contribution in [0.2, 0.25) is 0 Å². The van der Waals surface area contributed by atoms with Gasteiger partial charge in [0, 0.05) is 12.0 Å². The number of aromatic hydroxyl groups is 1. The lowest BCUT2D eigenvalue weighted by molar-refractivity contribution is -0.181. The lowest BCUT2D eigenvalue weighted by Gasteiger charge is -2.52. The monoisotopic (exact) mass is 653 g/mol. The van der Waals surface area contributed by atoms with Crippen LogP contribution in [0.4, 0.5) is 0 Å². The van der Waals surface area contributed by atoms with E-state index in [1.54, 1.807) is 20.2 Å². The van der Waals surface area contributed by atoms with Crippen molar-refractivity contribution in [1.29, 1.82) is 0 Å². The number of phenols is 1. The van der Waals surface area contributed by atoms with Crippen LogP contribution >= 0.6 is 0 Å². The van der Waals surface area contributed by atoms with Crippen LogP contribution in [0.5, 0.6) is 5.75 Å². The fourth-order valence-corrected chi connectivity index (χ4v) is 8.81. The molecule has 7 atom stereocenters. The molecule has 2 fully saturated rings. The second-order valence-electron chi connectivity index (χ2n) is 13.8. The molecule has 48 heavy (non-hydrogen) atoms. The van der Waals surface area contributed by atoms with Crippen molar-refractivity contribution in [2.45, 2.75) is 63.6 Å². The van der Waals surface area contributed by atoms with Crippen molar-refractivity contribution in [3.63, 3.8) is 0 Å². The lowest BCUT2D eigenvalue weighted by atomic mass is 9.52. The third kappa shape index (κ3) is 5.09. The summed E-state index contributed by atoms with van der Waals surface area (Å²) >= 11 is 0. The van der Waals surface area contributed by atoms with Crippen LogP contribution in [-0.2, 0) is 32.0 Å². The van der Waals surface area contributed by atoms with E-state index in [0.29, 0.717) is 11.6 Å². The second kappa shape index (κ2) is 12.7. The molecule has 3 aromatic rings. The maximum absolute atomic E-state index is 14.3. The average Bonchev–Trinajstić information content (AvgIpc) is 3.03. The van der Waals surface area contributed by atoms with Crippen molar-refractivity contribution < 1.29 is 34.2 Å². The van der Waals surface area contributed by atoms with E-state index in [1.165, 1.54) is 16.5 Å². The van der Waals surface area contributed by atoms with Gasteiger partial charge < -0.3 is 21.3 Å². The Bertz CT molecular complexity index is 1850. The minimum absolute atomic E-state index is 0.00191. The van der Waals surface area contributed by atoms with Gasteiger partial charge in [0.1, 0.15) is 5.75 Å². The number of benzene rings is 3. The number of likely N-dealkylation sites (N-methyl/N-ethyl adjacent to an activating group) is 2. The van der Waals surface area contributed by atoms with Gasteiger partial charge in [0.2, 0.25) is 5.91 Å². The molecule has 10 nitrogen and oxygen atoms in total. The number of nitrogens with two attached hydrogens (primary N) is 1. The van der Waals surface area contributed by atoms with Gasteiger partial charge in [0.25, 0.3) is 0 Å².